The second kappa shape index (κ2) is 8.11. The number of aliphatic hydroxyl groups is 4. The molecule has 1 rings (SSSR count). The van der Waals surface area contributed by atoms with Gasteiger partial charge in [-0.3, -0.25) is 10.1 Å². The number of anilines is 1. The monoisotopic (exact) mass is 320 g/mol. The molecule has 0 fully saturated rings. The number of aliphatic hydroxyl groups excluding tert-OH is 4. The van der Waals surface area contributed by atoms with Crippen molar-refractivity contribution in [3.05, 3.63) is 33.3 Å². The van der Waals surface area contributed by atoms with Crippen molar-refractivity contribution >= 4 is 23.0 Å². The maximum atomic E-state index is 11.1. The quantitative estimate of drug-likeness (QED) is 0.384. The number of nitro groups is 1. The van der Waals surface area contributed by atoms with Gasteiger partial charge in [0.15, 0.2) is 0 Å². The molecule has 9 heteroatoms. The molecule has 0 saturated heterocycles. The lowest BCUT2D eigenvalue weighted by Gasteiger charge is -2.28. The molecule has 0 aliphatic heterocycles. The highest BCUT2D eigenvalue weighted by atomic mass is 35.5. The van der Waals surface area contributed by atoms with E-state index < -0.39 is 30.3 Å². The number of nitrogens with zero attached hydrogens (tertiary/aromatic N) is 2. The van der Waals surface area contributed by atoms with Crippen LogP contribution in [0.1, 0.15) is 0 Å². The molecule has 1 aromatic carbocycles. The van der Waals surface area contributed by atoms with Crippen molar-refractivity contribution < 1.29 is 25.3 Å². The minimum Gasteiger partial charge on any atom is -0.394 e. The second-order valence-corrected chi connectivity index (χ2v) is 4.90. The third-order valence-electron chi connectivity index (χ3n) is 2.76. The van der Waals surface area contributed by atoms with Gasteiger partial charge in [-0.05, 0) is 12.1 Å². The Kier molecular flexibility index (Phi) is 6.79. The van der Waals surface area contributed by atoms with Crippen molar-refractivity contribution in [3.63, 3.8) is 0 Å². The summed E-state index contributed by atoms with van der Waals surface area (Å²) in [7, 11) is 0. The van der Waals surface area contributed by atoms with E-state index in [0.717, 1.165) is 0 Å². The van der Waals surface area contributed by atoms with Gasteiger partial charge in [-0.2, -0.15) is 0 Å². The zero-order valence-corrected chi connectivity index (χ0v) is 11.8. The Balaban J connectivity index is 3.17. The van der Waals surface area contributed by atoms with Gasteiger partial charge in [0.05, 0.1) is 30.3 Å². The molecular formula is C12H17ClN2O6. The first-order chi connectivity index (χ1) is 9.88. The average Bonchev–Trinajstić information content (AvgIpc) is 2.45. The van der Waals surface area contributed by atoms with Crippen LogP contribution in [0, 0.1) is 10.1 Å². The molecule has 0 heterocycles. The Morgan fingerprint density at radius 2 is 1.71 bits per heavy atom. The van der Waals surface area contributed by atoms with E-state index in [9.17, 15) is 20.3 Å². The van der Waals surface area contributed by atoms with Crippen LogP contribution in [0.3, 0.4) is 0 Å². The molecule has 2 atom stereocenters. The molecule has 0 amide bonds. The maximum Gasteiger partial charge on any atom is 0.292 e. The molecule has 0 aliphatic carbocycles. The Morgan fingerprint density at radius 3 is 2.14 bits per heavy atom. The van der Waals surface area contributed by atoms with Crippen molar-refractivity contribution in [2.75, 3.05) is 31.2 Å². The van der Waals surface area contributed by atoms with Crippen LogP contribution in [-0.2, 0) is 0 Å². The standard InChI is InChI=1S/C12H17ClN2O6/c13-8-1-2-11(15(20)21)12(3-8)14(4-9(18)6-16)5-10(19)7-17/h1-3,9-10,16-19H,4-7H2. The summed E-state index contributed by atoms with van der Waals surface area (Å²) < 4.78 is 0. The summed E-state index contributed by atoms with van der Waals surface area (Å²) in [5, 5.41) is 48.2. The Morgan fingerprint density at radius 1 is 1.19 bits per heavy atom. The van der Waals surface area contributed by atoms with Gasteiger partial charge in [0.25, 0.3) is 5.69 Å². The number of nitro benzene ring substituents is 1. The lowest BCUT2D eigenvalue weighted by molar-refractivity contribution is -0.384. The normalized spacial score (nSPS) is 13.8. The van der Waals surface area contributed by atoms with Gasteiger partial charge < -0.3 is 25.3 Å². The Bertz CT molecular complexity index is 475. The van der Waals surface area contributed by atoms with E-state index in [1.54, 1.807) is 0 Å². The fourth-order valence-corrected chi connectivity index (χ4v) is 1.97. The minimum atomic E-state index is -1.16. The fourth-order valence-electron chi connectivity index (χ4n) is 1.80. The molecule has 21 heavy (non-hydrogen) atoms. The van der Waals surface area contributed by atoms with Gasteiger partial charge in [-0.25, -0.2) is 0 Å². The van der Waals surface area contributed by atoms with E-state index in [1.165, 1.54) is 23.1 Å². The van der Waals surface area contributed by atoms with Gasteiger partial charge in [-0.1, -0.05) is 11.6 Å². The number of benzene rings is 1. The van der Waals surface area contributed by atoms with Gasteiger partial charge >= 0.3 is 0 Å². The van der Waals surface area contributed by atoms with Crippen molar-refractivity contribution in [2.45, 2.75) is 12.2 Å². The molecule has 0 saturated carbocycles. The first-order valence-corrected chi connectivity index (χ1v) is 6.53. The number of hydrogen-bond donors (Lipinski definition) is 4. The average molecular weight is 321 g/mol. The van der Waals surface area contributed by atoms with Crippen LogP contribution < -0.4 is 4.90 Å². The van der Waals surface area contributed by atoms with Gasteiger partial charge in [0.1, 0.15) is 5.69 Å². The van der Waals surface area contributed by atoms with E-state index in [2.05, 4.69) is 0 Å². The van der Waals surface area contributed by atoms with E-state index in [0.29, 0.717) is 0 Å². The number of halogens is 1. The smallest absolute Gasteiger partial charge is 0.292 e. The van der Waals surface area contributed by atoms with Crippen molar-refractivity contribution in [3.8, 4) is 0 Å². The predicted octanol–water partition coefficient (Wildman–Crippen LogP) is -0.239. The first-order valence-electron chi connectivity index (χ1n) is 6.15. The molecule has 0 aliphatic rings. The largest absolute Gasteiger partial charge is 0.394 e. The lowest BCUT2D eigenvalue weighted by Crippen LogP contribution is -2.40. The van der Waals surface area contributed by atoms with E-state index >= 15 is 0 Å². The summed E-state index contributed by atoms with van der Waals surface area (Å²) in [6.07, 6.45) is -2.32. The van der Waals surface area contributed by atoms with Crippen molar-refractivity contribution in [1.82, 2.24) is 0 Å². The highest BCUT2D eigenvalue weighted by molar-refractivity contribution is 6.31. The molecular weight excluding hydrogens is 304 g/mol. The second-order valence-electron chi connectivity index (χ2n) is 4.47. The summed E-state index contributed by atoms with van der Waals surface area (Å²) in [6.45, 7) is -1.40. The van der Waals surface area contributed by atoms with Crippen LogP contribution in [0.15, 0.2) is 18.2 Å². The molecule has 0 radical (unpaired) electrons. The zero-order valence-electron chi connectivity index (χ0n) is 11.1. The Hall–Kier alpha value is -1.45. The maximum absolute atomic E-state index is 11.1. The van der Waals surface area contributed by atoms with E-state index in [4.69, 9.17) is 21.8 Å². The summed E-state index contributed by atoms with van der Waals surface area (Å²) in [4.78, 5) is 11.7. The van der Waals surface area contributed by atoms with Gasteiger partial charge in [0, 0.05) is 24.2 Å². The molecule has 0 bridgehead atoms. The van der Waals surface area contributed by atoms with Gasteiger partial charge in [-0.15, -0.1) is 0 Å². The Labute approximate surface area is 126 Å². The summed E-state index contributed by atoms with van der Waals surface area (Å²) in [5.74, 6) is 0. The van der Waals surface area contributed by atoms with Crippen LogP contribution in [0.5, 0.6) is 0 Å². The SMILES string of the molecule is O=[N+]([O-])c1ccc(Cl)cc1N(CC(O)CO)CC(O)CO. The number of rotatable bonds is 8. The topological polar surface area (TPSA) is 127 Å². The van der Waals surface area contributed by atoms with Crippen LogP contribution in [0.4, 0.5) is 11.4 Å². The van der Waals surface area contributed by atoms with E-state index in [-0.39, 0.29) is 29.5 Å². The predicted molar refractivity (Wildman–Crippen MR) is 76.5 cm³/mol. The summed E-state index contributed by atoms with van der Waals surface area (Å²) >= 11 is 5.83. The van der Waals surface area contributed by atoms with Crippen molar-refractivity contribution in [1.29, 1.82) is 0 Å². The molecule has 1 aromatic rings. The molecule has 8 nitrogen and oxygen atoms in total. The van der Waals surface area contributed by atoms with Crippen LogP contribution in [0.2, 0.25) is 5.02 Å². The highest BCUT2D eigenvalue weighted by Gasteiger charge is 2.23. The molecule has 118 valence electrons. The van der Waals surface area contributed by atoms with Crippen LogP contribution >= 0.6 is 11.6 Å². The zero-order chi connectivity index (χ0) is 16.0. The minimum absolute atomic E-state index is 0.0903. The number of hydrogen-bond acceptors (Lipinski definition) is 7. The van der Waals surface area contributed by atoms with Crippen LogP contribution in [0.25, 0.3) is 0 Å². The van der Waals surface area contributed by atoms with E-state index in [1.807, 2.05) is 0 Å². The van der Waals surface area contributed by atoms with Crippen LogP contribution in [-0.4, -0.2) is 63.9 Å². The molecule has 4 N–H and O–H groups in total. The van der Waals surface area contributed by atoms with Gasteiger partial charge in [0.2, 0.25) is 0 Å². The first kappa shape index (κ1) is 17.6. The molecule has 0 spiro atoms. The summed E-state index contributed by atoms with van der Waals surface area (Å²) in [5.41, 5.74) is -0.165. The summed E-state index contributed by atoms with van der Waals surface area (Å²) in [6, 6.07) is 3.89. The van der Waals surface area contributed by atoms with Crippen molar-refractivity contribution in [2.24, 2.45) is 0 Å². The third kappa shape index (κ3) is 5.10. The third-order valence-corrected chi connectivity index (χ3v) is 2.99. The lowest BCUT2D eigenvalue weighted by atomic mass is 10.2. The molecule has 0 aromatic heterocycles. The highest BCUT2D eigenvalue weighted by Crippen LogP contribution is 2.31. The molecule has 2 unspecified atom stereocenters. The fraction of sp³-hybridized carbons (Fsp3) is 0.500.